The summed E-state index contributed by atoms with van der Waals surface area (Å²) in [5, 5.41) is 4.69. The average Bonchev–Trinajstić information content (AvgIpc) is 2.23. The molecular formula is C12H23ClN2S. The molecular weight excluding hydrogens is 240 g/mol. The van der Waals surface area contributed by atoms with Gasteiger partial charge in [-0.15, -0.1) is 0 Å². The number of unbranched alkanes of at least 4 members (excludes halogenated alkanes) is 2. The molecule has 0 heterocycles. The maximum atomic E-state index is 5.83. The first-order chi connectivity index (χ1) is 7.61. The summed E-state index contributed by atoms with van der Waals surface area (Å²) in [4.78, 5) is 2.09. The van der Waals surface area contributed by atoms with E-state index in [0.29, 0.717) is 11.6 Å². The van der Waals surface area contributed by atoms with Crippen LogP contribution in [0.15, 0.2) is 11.6 Å². The Balaban J connectivity index is 4.04. The Morgan fingerprint density at radius 2 is 1.94 bits per heavy atom. The standard InChI is InChI=1S/C12H23ClN2S/c1-4-6-8-14-12(16)15(9-7-5-2)10-11(3)13/h3-10H2,1-2H3,(H,14,16). The minimum atomic E-state index is 0.635. The van der Waals surface area contributed by atoms with Gasteiger partial charge in [-0.3, -0.25) is 0 Å². The van der Waals surface area contributed by atoms with Crippen LogP contribution in [0, 0.1) is 0 Å². The van der Waals surface area contributed by atoms with Crippen molar-refractivity contribution in [2.45, 2.75) is 39.5 Å². The number of halogens is 1. The van der Waals surface area contributed by atoms with Crippen LogP contribution in [0.3, 0.4) is 0 Å². The molecule has 1 N–H and O–H groups in total. The molecule has 0 aromatic carbocycles. The van der Waals surface area contributed by atoms with Crippen molar-refractivity contribution in [3.63, 3.8) is 0 Å². The molecule has 0 aromatic heterocycles. The second kappa shape index (κ2) is 9.91. The summed E-state index contributed by atoms with van der Waals surface area (Å²) >= 11 is 11.2. The molecule has 2 nitrogen and oxygen atoms in total. The third-order valence-electron chi connectivity index (χ3n) is 2.24. The summed E-state index contributed by atoms with van der Waals surface area (Å²) in [6.07, 6.45) is 4.60. The molecule has 0 unspecified atom stereocenters. The summed E-state index contributed by atoms with van der Waals surface area (Å²) in [7, 11) is 0. The Hall–Kier alpha value is -0.280. The quantitative estimate of drug-likeness (QED) is 0.532. The highest BCUT2D eigenvalue weighted by molar-refractivity contribution is 7.80. The molecule has 0 aliphatic heterocycles. The van der Waals surface area contributed by atoms with Gasteiger partial charge in [0.25, 0.3) is 0 Å². The Morgan fingerprint density at radius 3 is 2.44 bits per heavy atom. The molecule has 0 aliphatic carbocycles. The summed E-state index contributed by atoms with van der Waals surface area (Å²) in [5.74, 6) is 0. The van der Waals surface area contributed by atoms with E-state index in [0.717, 1.165) is 37.5 Å². The fraction of sp³-hybridized carbons (Fsp3) is 0.750. The second-order valence-corrected chi connectivity index (χ2v) is 4.80. The summed E-state index contributed by atoms with van der Waals surface area (Å²) in [5.41, 5.74) is 0. The minimum Gasteiger partial charge on any atom is -0.363 e. The number of nitrogens with zero attached hydrogens (tertiary/aromatic N) is 1. The molecule has 94 valence electrons. The van der Waals surface area contributed by atoms with Gasteiger partial charge in [0, 0.05) is 18.1 Å². The average molecular weight is 263 g/mol. The van der Waals surface area contributed by atoms with E-state index in [1.54, 1.807) is 0 Å². The topological polar surface area (TPSA) is 15.3 Å². The molecule has 0 saturated heterocycles. The van der Waals surface area contributed by atoms with Crippen LogP contribution < -0.4 is 5.32 Å². The van der Waals surface area contributed by atoms with Gasteiger partial charge in [0.05, 0.1) is 6.54 Å². The van der Waals surface area contributed by atoms with Gasteiger partial charge in [0.2, 0.25) is 0 Å². The van der Waals surface area contributed by atoms with E-state index in [4.69, 9.17) is 23.8 Å². The number of nitrogens with one attached hydrogen (secondary N) is 1. The molecule has 0 aliphatic rings. The molecule has 16 heavy (non-hydrogen) atoms. The Bertz CT molecular complexity index is 219. The van der Waals surface area contributed by atoms with Crippen LogP contribution >= 0.6 is 23.8 Å². The molecule has 0 rings (SSSR count). The van der Waals surface area contributed by atoms with Gasteiger partial charge in [0.15, 0.2) is 5.11 Å². The first-order valence-electron chi connectivity index (χ1n) is 5.97. The Labute approximate surface area is 110 Å². The molecule has 4 heteroatoms. The van der Waals surface area contributed by atoms with E-state index in [-0.39, 0.29) is 0 Å². The highest BCUT2D eigenvalue weighted by Gasteiger charge is 2.08. The normalized spacial score (nSPS) is 9.94. The fourth-order valence-corrected chi connectivity index (χ4v) is 1.69. The van der Waals surface area contributed by atoms with Crippen molar-refractivity contribution < 1.29 is 0 Å². The third kappa shape index (κ3) is 7.94. The van der Waals surface area contributed by atoms with E-state index in [1.165, 1.54) is 6.42 Å². The van der Waals surface area contributed by atoms with Crippen molar-refractivity contribution in [3.05, 3.63) is 11.6 Å². The number of hydrogen-bond acceptors (Lipinski definition) is 1. The lowest BCUT2D eigenvalue weighted by Gasteiger charge is -2.25. The number of hydrogen-bond donors (Lipinski definition) is 1. The van der Waals surface area contributed by atoms with Crippen molar-refractivity contribution in [2.24, 2.45) is 0 Å². The van der Waals surface area contributed by atoms with Gasteiger partial charge in [-0.25, -0.2) is 0 Å². The van der Waals surface area contributed by atoms with Crippen LogP contribution in [0.5, 0.6) is 0 Å². The minimum absolute atomic E-state index is 0.635. The third-order valence-corrected chi connectivity index (χ3v) is 2.76. The summed E-state index contributed by atoms with van der Waals surface area (Å²) in [6.45, 7) is 10.6. The van der Waals surface area contributed by atoms with E-state index < -0.39 is 0 Å². The largest absolute Gasteiger partial charge is 0.363 e. The van der Waals surface area contributed by atoms with Gasteiger partial charge >= 0.3 is 0 Å². The molecule has 0 radical (unpaired) electrons. The van der Waals surface area contributed by atoms with E-state index in [9.17, 15) is 0 Å². The van der Waals surface area contributed by atoms with Crippen LogP contribution in [0.2, 0.25) is 0 Å². The molecule has 0 atom stereocenters. The second-order valence-electron chi connectivity index (χ2n) is 3.88. The lowest BCUT2D eigenvalue weighted by atomic mass is 10.3. The highest BCUT2D eigenvalue weighted by atomic mass is 35.5. The van der Waals surface area contributed by atoms with Gasteiger partial charge < -0.3 is 10.2 Å². The molecule has 0 fully saturated rings. The lowest BCUT2D eigenvalue weighted by Crippen LogP contribution is -2.41. The zero-order valence-electron chi connectivity index (χ0n) is 10.4. The van der Waals surface area contributed by atoms with Gasteiger partial charge in [-0.05, 0) is 25.1 Å². The summed E-state index contributed by atoms with van der Waals surface area (Å²) in [6, 6.07) is 0. The zero-order chi connectivity index (χ0) is 12.4. The van der Waals surface area contributed by atoms with Crippen LogP contribution in [0.4, 0.5) is 0 Å². The van der Waals surface area contributed by atoms with Crippen molar-refractivity contribution in [1.29, 1.82) is 0 Å². The van der Waals surface area contributed by atoms with Crippen molar-refractivity contribution >= 4 is 28.9 Å². The van der Waals surface area contributed by atoms with Gasteiger partial charge in [-0.2, -0.15) is 0 Å². The van der Waals surface area contributed by atoms with Gasteiger partial charge in [0.1, 0.15) is 0 Å². The predicted octanol–water partition coefficient (Wildman–Crippen LogP) is 3.52. The lowest BCUT2D eigenvalue weighted by molar-refractivity contribution is 0.435. The monoisotopic (exact) mass is 262 g/mol. The maximum absolute atomic E-state index is 5.83. The van der Waals surface area contributed by atoms with Crippen LogP contribution in [-0.2, 0) is 0 Å². The fourth-order valence-electron chi connectivity index (χ4n) is 1.29. The number of thiocarbonyl (C=S) groups is 1. The Kier molecular flexibility index (Phi) is 9.74. The van der Waals surface area contributed by atoms with E-state index in [2.05, 4.69) is 30.6 Å². The van der Waals surface area contributed by atoms with Crippen LogP contribution in [0.25, 0.3) is 0 Å². The van der Waals surface area contributed by atoms with Crippen molar-refractivity contribution in [2.75, 3.05) is 19.6 Å². The SMILES string of the molecule is C=C(Cl)CN(CCCC)C(=S)NCCCC. The summed E-state index contributed by atoms with van der Waals surface area (Å²) < 4.78 is 0. The van der Waals surface area contributed by atoms with Gasteiger partial charge in [-0.1, -0.05) is 44.9 Å². The first-order valence-corrected chi connectivity index (χ1v) is 6.76. The molecule has 0 saturated carbocycles. The zero-order valence-corrected chi connectivity index (χ0v) is 12.0. The van der Waals surface area contributed by atoms with E-state index in [1.807, 2.05) is 0 Å². The maximum Gasteiger partial charge on any atom is 0.169 e. The first kappa shape index (κ1) is 15.7. The molecule has 0 amide bonds. The Morgan fingerprint density at radius 1 is 1.31 bits per heavy atom. The predicted molar refractivity (Wildman–Crippen MR) is 77.0 cm³/mol. The van der Waals surface area contributed by atoms with E-state index >= 15 is 0 Å². The molecule has 0 bridgehead atoms. The molecule has 0 spiro atoms. The van der Waals surface area contributed by atoms with Crippen LogP contribution in [0.1, 0.15) is 39.5 Å². The number of rotatable bonds is 8. The van der Waals surface area contributed by atoms with Crippen LogP contribution in [-0.4, -0.2) is 29.6 Å². The molecule has 0 aromatic rings. The van der Waals surface area contributed by atoms with Crippen molar-refractivity contribution in [1.82, 2.24) is 10.2 Å². The highest BCUT2D eigenvalue weighted by Crippen LogP contribution is 2.04. The van der Waals surface area contributed by atoms with Crippen molar-refractivity contribution in [3.8, 4) is 0 Å². The smallest absolute Gasteiger partial charge is 0.169 e.